The summed E-state index contributed by atoms with van der Waals surface area (Å²) in [6.07, 6.45) is 0. The van der Waals surface area contributed by atoms with Gasteiger partial charge < -0.3 is 18.6 Å². The topological polar surface area (TPSA) is 15.3 Å². The van der Waals surface area contributed by atoms with Crippen molar-refractivity contribution in [3.05, 3.63) is 205 Å². The van der Waals surface area contributed by atoms with Crippen LogP contribution in [0.1, 0.15) is 11.1 Å². The third-order valence-electron chi connectivity index (χ3n) is 12.8. The first-order chi connectivity index (χ1) is 29.6. The lowest BCUT2D eigenvalue weighted by Crippen LogP contribution is -2.10. The molecule has 0 fully saturated rings. The van der Waals surface area contributed by atoms with Crippen molar-refractivity contribution in [3.8, 4) is 0 Å². The van der Waals surface area contributed by atoms with Crippen molar-refractivity contribution in [2.75, 3.05) is 9.80 Å². The van der Waals surface area contributed by atoms with Gasteiger partial charge in [0.15, 0.2) is 0 Å². The number of aromatic nitrogens is 2. The third-order valence-corrected chi connectivity index (χ3v) is 12.8. The summed E-state index contributed by atoms with van der Waals surface area (Å²) in [5, 5.41) is 10.1. The summed E-state index contributed by atoms with van der Waals surface area (Å²) in [4.78, 5) is 4.84. The van der Waals surface area contributed by atoms with Crippen molar-refractivity contribution in [2.45, 2.75) is 13.8 Å². The van der Waals surface area contributed by atoms with Gasteiger partial charge in [-0.1, -0.05) is 109 Å². The van der Waals surface area contributed by atoms with Gasteiger partial charge in [0.05, 0.1) is 44.5 Å². The zero-order valence-electron chi connectivity index (χ0n) is 33.3. The van der Waals surface area contributed by atoms with E-state index in [-0.39, 0.29) is 0 Å². The molecule has 4 aromatic heterocycles. The van der Waals surface area contributed by atoms with E-state index in [1.807, 2.05) is 0 Å². The van der Waals surface area contributed by atoms with Gasteiger partial charge >= 0.3 is 0 Å². The van der Waals surface area contributed by atoms with Gasteiger partial charge in [-0.05, 0) is 110 Å². The minimum Gasteiger partial charge on any atom is -0.310 e. The number of anilines is 6. The molecule has 0 aliphatic rings. The maximum atomic E-state index is 2.53. The molecule has 0 bridgehead atoms. The molecule has 282 valence electrons. The lowest BCUT2D eigenvalue weighted by molar-refractivity contribution is 1.28. The van der Waals surface area contributed by atoms with Crippen LogP contribution in [0.2, 0.25) is 0 Å². The van der Waals surface area contributed by atoms with E-state index < -0.39 is 0 Å². The predicted octanol–water partition coefficient (Wildman–Crippen LogP) is 15.5. The fraction of sp³-hybridized carbons (Fsp3) is 0.0357. The number of hydrogen-bond acceptors (Lipinski definition) is 2. The minimum atomic E-state index is 1.14. The van der Waals surface area contributed by atoms with E-state index in [2.05, 4.69) is 227 Å². The van der Waals surface area contributed by atoms with Crippen molar-refractivity contribution in [1.82, 2.24) is 8.80 Å². The maximum Gasteiger partial charge on any atom is 0.0621 e. The standard InChI is InChI=1S/C56H38N4/c1-35-15-9-21-39(31-35)57(37-17-5-3-6-18-37)47-27-13-29-49-53(47)43-25-11-23-41-45-34-52-46(33-51(45)59(49)55(41)43)42-24-12-26-44-54-48(28-14-30-50(54)60(52)56(42)44)58(38-19-7-4-8-20-38)40-22-10-16-36(2)32-40/h3-34H,1-2H3. The Morgan fingerprint density at radius 2 is 0.683 bits per heavy atom. The van der Waals surface area contributed by atoms with Gasteiger partial charge in [-0.15, -0.1) is 0 Å². The van der Waals surface area contributed by atoms with E-state index in [9.17, 15) is 0 Å². The van der Waals surface area contributed by atoms with E-state index >= 15 is 0 Å². The third kappa shape index (κ3) is 4.50. The zero-order chi connectivity index (χ0) is 39.6. The first-order valence-electron chi connectivity index (χ1n) is 20.8. The van der Waals surface area contributed by atoms with Gasteiger partial charge in [-0.3, -0.25) is 0 Å². The quantitative estimate of drug-likeness (QED) is 0.167. The van der Waals surface area contributed by atoms with Crippen LogP contribution in [-0.4, -0.2) is 8.80 Å². The molecule has 0 amide bonds. The largest absolute Gasteiger partial charge is 0.310 e. The van der Waals surface area contributed by atoms with Crippen molar-refractivity contribution in [1.29, 1.82) is 0 Å². The second-order valence-corrected chi connectivity index (χ2v) is 16.3. The van der Waals surface area contributed by atoms with Crippen LogP contribution < -0.4 is 9.80 Å². The average Bonchev–Trinajstić information content (AvgIpc) is 4.01. The van der Waals surface area contributed by atoms with Crippen molar-refractivity contribution < 1.29 is 0 Å². The highest BCUT2D eigenvalue weighted by Gasteiger charge is 2.26. The van der Waals surface area contributed by atoms with Crippen LogP contribution in [0.5, 0.6) is 0 Å². The van der Waals surface area contributed by atoms with Gasteiger partial charge in [0.25, 0.3) is 0 Å². The van der Waals surface area contributed by atoms with Crippen LogP contribution in [-0.2, 0) is 0 Å². The summed E-state index contributed by atoms with van der Waals surface area (Å²) < 4.78 is 5.06. The van der Waals surface area contributed by atoms with Gasteiger partial charge in [0.2, 0.25) is 0 Å². The molecule has 13 rings (SSSR count). The van der Waals surface area contributed by atoms with Crippen LogP contribution >= 0.6 is 0 Å². The van der Waals surface area contributed by atoms with Crippen LogP contribution in [0.25, 0.3) is 76.2 Å². The van der Waals surface area contributed by atoms with E-state index in [4.69, 9.17) is 0 Å². The molecule has 9 aromatic carbocycles. The summed E-state index contributed by atoms with van der Waals surface area (Å²) >= 11 is 0. The number of rotatable bonds is 6. The molecule has 0 N–H and O–H groups in total. The molecule has 4 heterocycles. The van der Waals surface area contributed by atoms with E-state index in [0.29, 0.717) is 0 Å². The molecule has 0 saturated carbocycles. The molecule has 0 atom stereocenters. The number of benzene rings is 9. The number of hydrogen-bond donors (Lipinski definition) is 0. The lowest BCUT2D eigenvalue weighted by atomic mass is 10.0. The first-order valence-corrected chi connectivity index (χ1v) is 20.8. The van der Waals surface area contributed by atoms with Gasteiger partial charge in [-0.2, -0.15) is 0 Å². The van der Waals surface area contributed by atoms with Gasteiger partial charge in [0, 0.05) is 65.8 Å². The maximum absolute atomic E-state index is 2.53. The Hall–Kier alpha value is -7.82. The summed E-state index contributed by atoms with van der Waals surface area (Å²) in [5.41, 5.74) is 16.8. The molecule has 4 heteroatoms. The fourth-order valence-electron chi connectivity index (χ4n) is 10.4. The molecule has 13 aromatic rings. The average molecular weight is 767 g/mol. The second kappa shape index (κ2) is 12.3. The molecule has 0 unspecified atom stereocenters. The Bertz CT molecular complexity index is 3550. The van der Waals surface area contributed by atoms with Crippen LogP contribution in [0.3, 0.4) is 0 Å². The first kappa shape index (κ1) is 33.2. The lowest BCUT2D eigenvalue weighted by Gasteiger charge is -2.26. The highest BCUT2D eigenvalue weighted by atomic mass is 15.2. The Morgan fingerprint density at radius 1 is 0.300 bits per heavy atom. The summed E-state index contributed by atoms with van der Waals surface area (Å²) in [5.74, 6) is 0. The van der Waals surface area contributed by atoms with Crippen molar-refractivity contribution in [2.24, 2.45) is 0 Å². The van der Waals surface area contributed by atoms with E-state index in [0.717, 1.165) is 22.7 Å². The molecule has 0 radical (unpaired) electrons. The molecular formula is C56H38N4. The molecule has 0 aliphatic carbocycles. The van der Waals surface area contributed by atoms with E-state index in [1.165, 1.54) is 98.7 Å². The summed E-state index contributed by atoms with van der Waals surface area (Å²) in [6.45, 7) is 4.34. The highest BCUT2D eigenvalue weighted by Crippen LogP contribution is 2.50. The Kier molecular flexibility index (Phi) is 6.83. The number of fused-ring (bicyclic) bond motifs is 12. The van der Waals surface area contributed by atoms with Crippen LogP contribution in [0, 0.1) is 13.8 Å². The van der Waals surface area contributed by atoms with Crippen LogP contribution in [0.4, 0.5) is 34.1 Å². The van der Waals surface area contributed by atoms with Gasteiger partial charge in [-0.25, -0.2) is 0 Å². The minimum absolute atomic E-state index is 1.14. The normalized spacial score (nSPS) is 12.2. The number of aryl methyl sites for hydroxylation is 2. The summed E-state index contributed by atoms with van der Waals surface area (Å²) in [6, 6.07) is 71.5. The monoisotopic (exact) mass is 766 g/mol. The molecule has 60 heavy (non-hydrogen) atoms. The van der Waals surface area contributed by atoms with E-state index in [1.54, 1.807) is 0 Å². The van der Waals surface area contributed by atoms with Crippen LogP contribution in [0.15, 0.2) is 194 Å². The Labute approximate surface area is 346 Å². The smallest absolute Gasteiger partial charge is 0.0621 e. The summed E-state index contributed by atoms with van der Waals surface area (Å²) in [7, 11) is 0. The number of nitrogens with zero attached hydrogens (tertiary/aromatic N) is 4. The molecular weight excluding hydrogens is 729 g/mol. The Balaban J connectivity index is 1.10. The SMILES string of the molecule is Cc1cccc(N(c2ccccc2)c2cccc3c2c2cccc4c5cc6c(cc5n3c42)c2cccc3c4c(N(c5ccccc5)c5cccc(C)c5)cccc4n6c23)c1. The fourth-order valence-corrected chi connectivity index (χ4v) is 10.4. The predicted molar refractivity (Wildman–Crippen MR) is 255 cm³/mol. The van der Waals surface area contributed by atoms with Crippen molar-refractivity contribution in [3.63, 3.8) is 0 Å². The second-order valence-electron chi connectivity index (χ2n) is 16.3. The number of para-hydroxylation sites is 4. The molecule has 0 saturated heterocycles. The van der Waals surface area contributed by atoms with Gasteiger partial charge in [0.1, 0.15) is 0 Å². The van der Waals surface area contributed by atoms with Crippen molar-refractivity contribution >= 4 is 110 Å². The molecule has 0 aliphatic heterocycles. The molecule has 4 nitrogen and oxygen atoms in total. The highest BCUT2D eigenvalue weighted by molar-refractivity contribution is 6.31. The zero-order valence-corrected chi connectivity index (χ0v) is 33.3. The molecule has 0 spiro atoms. The Morgan fingerprint density at radius 3 is 1.12 bits per heavy atom.